The Morgan fingerprint density at radius 3 is 2.71 bits per heavy atom. The Morgan fingerprint density at radius 2 is 2.03 bits per heavy atom. The molecule has 34 heavy (non-hydrogen) atoms. The molecule has 0 bridgehead atoms. The first-order valence-electron chi connectivity index (χ1n) is 11.2. The van der Waals surface area contributed by atoms with Gasteiger partial charge in [0.15, 0.2) is 5.76 Å². The maximum Gasteiger partial charge on any atom is 0.271 e. The van der Waals surface area contributed by atoms with E-state index in [4.69, 9.17) is 19.3 Å². The van der Waals surface area contributed by atoms with Gasteiger partial charge in [0, 0.05) is 44.2 Å². The number of benzene rings is 2. The van der Waals surface area contributed by atoms with Gasteiger partial charge in [-0.15, -0.1) is 0 Å². The van der Waals surface area contributed by atoms with Crippen LogP contribution < -0.4 is 0 Å². The fourth-order valence-electron chi connectivity index (χ4n) is 3.64. The normalized spacial score (nSPS) is 14.1. The molecular formula is C25H29N3O5Si. The summed E-state index contributed by atoms with van der Waals surface area (Å²) in [4.78, 5) is 11.0. The van der Waals surface area contributed by atoms with Gasteiger partial charge in [-0.05, 0) is 23.7 Å². The van der Waals surface area contributed by atoms with E-state index in [0.29, 0.717) is 30.0 Å². The quantitative estimate of drug-likeness (QED) is 0.160. The largest absolute Gasteiger partial charge is 0.461 e. The number of hydrogen-bond acceptors (Lipinski definition) is 6. The summed E-state index contributed by atoms with van der Waals surface area (Å²) in [6.45, 7) is 7.92. The molecule has 2 heterocycles. The van der Waals surface area contributed by atoms with Gasteiger partial charge in [-0.1, -0.05) is 50.0 Å². The maximum atomic E-state index is 11.4. The summed E-state index contributed by atoms with van der Waals surface area (Å²) >= 11 is 0. The van der Waals surface area contributed by atoms with Crippen LogP contribution in [0.5, 0.6) is 0 Å². The fraction of sp³-hybridized carbons (Fsp3) is 0.320. The lowest BCUT2D eigenvalue weighted by Crippen LogP contribution is -2.22. The van der Waals surface area contributed by atoms with Crippen molar-refractivity contribution in [2.45, 2.75) is 38.8 Å². The van der Waals surface area contributed by atoms with Gasteiger partial charge in [0.25, 0.3) is 5.69 Å². The first kappa shape index (κ1) is 23.7. The van der Waals surface area contributed by atoms with Crippen LogP contribution in [0.3, 0.4) is 0 Å². The van der Waals surface area contributed by atoms with Gasteiger partial charge in [0.2, 0.25) is 6.79 Å². The van der Waals surface area contributed by atoms with E-state index in [1.807, 2.05) is 24.3 Å². The summed E-state index contributed by atoms with van der Waals surface area (Å²) in [6.07, 6.45) is 4.20. The van der Waals surface area contributed by atoms with Crippen molar-refractivity contribution in [1.82, 2.24) is 9.78 Å². The highest BCUT2D eigenvalue weighted by molar-refractivity contribution is 6.76. The second kappa shape index (κ2) is 10.2. The number of ether oxygens (including phenoxy) is 3. The SMILES string of the molecule is C[Si](C)(C)CCOCn1nc(C=C(Cc2ccccc2)C2=COCO2)c2ccc([N+](=O)[O-])cc21. The molecule has 0 saturated carbocycles. The van der Waals surface area contributed by atoms with Crippen LogP contribution in [0.2, 0.25) is 25.7 Å². The smallest absolute Gasteiger partial charge is 0.271 e. The molecule has 3 aromatic rings. The van der Waals surface area contributed by atoms with Crippen molar-refractivity contribution >= 4 is 30.7 Å². The van der Waals surface area contributed by atoms with Crippen LogP contribution in [-0.2, 0) is 27.4 Å². The summed E-state index contributed by atoms with van der Waals surface area (Å²) in [5.74, 6) is 0.653. The van der Waals surface area contributed by atoms with E-state index >= 15 is 0 Å². The van der Waals surface area contributed by atoms with E-state index in [2.05, 4.69) is 31.8 Å². The summed E-state index contributed by atoms with van der Waals surface area (Å²) in [5, 5.41) is 17.0. The molecule has 0 radical (unpaired) electrons. The average Bonchev–Trinajstić information content (AvgIpc) is 3.45. The highest BCUT2D eigenvalue weighted by Gasteiger charge is 2.19. The molecule has 0 atom stereocenters. The zero-order chi connectivity index (χ0) is 24.1. The molecule has 0 aliphatic carbocycles. The average molecular weight is 480 g/mol. The first-order valence-corrected chi connectivity index (χ1v) is 14.9. The number of allylic oxidation sites excluding steroid dienone is 1. The van der Waals surface area contributed by atoms with E-state index in [1.54, 1.807) is 23.1 Å². The third-order valence-electron chi connectivity index (χ3n) is 5.52. The number of non-ortho nitro benzene ring substituents is 1. The van der Waals surface area contributed by atoms with E-state index < -0.39 is 13.0 Å². The molecule has 0 unspecified atom stereocenters. The Kier molecular flexibility index (Phi) is 7.14. The first-order chi connectivity index (χ1) is 16.3. The number of nitro benzene ring substituents is 1. The second-order valence-electron chi connectivity index (χ2n) is 9.43. The van der Waals surface area contributed by atoms with Crippen LogP contribution in [-0.4, -0.2) is 36.2 Å². The molecule has 178 valence electrons. The van der Waals surface area contributed by atoms with E-state index in [0.717, 1.165) is 22.6 Å². The zero-order valence-electron chi connectivity index (χ0n) is 19.7. The van der Waals surface area contributed by atoms with E-state index in [-0.39, 0.29) is 19.2 Å². The summed E-state index contributed by atoms with van der Waals surface area (Å²) in [6, 6.07) is 15.9. The van der Waals surface area contributed by atoms with Crippen LogP contribution in [0.15, 0.2) is 66.1 Å². The Bertz CT molecular complexity index is 1230. The molecular weight excluding hydrogens is 450 g/mol. The van der Waals surface area contributed by atoms with Crippen molar-refractivity contribution in [3.8, 4) is 0 Å². The Morgan fingerprint density at radius 1 is 1.24 bits per heavy atom. The standard InChI is InChI=1S/C25H29N3O5Si/c1-34(2,3)12-11-31-17-27-24-15-21(28(29)30)9-10-22(24)23(26-27)14-20(25-16-32-18-33-25)13-19-7-5-4-6-8-19/h4-10,14-16H,11-13,17-18H2,1-3H3. The van der Waals surface area contributed by atoms with Crippen LogP contribution in [0.1, 0.15) is 11.3 Å². The zero-order valence-corrected chi connectivity index (χ0v) is 20.7. The molecule has 8 nitrogen and oxygen atoms in total. The number of fused-ring (bicyclic) bond motifs is 1. The summed E-state index contributed by atoms with van der Waals surface area (Å²) < 4.78 is 18.6. The number of nitro groups is 1. The highest BCUT2D eigenvalue weighted by Crippen LogP contribution is 2.29. The van der Waals surface area contributed by atoms with Gasteiger partial charge in [-0.2, -0.15) is 5.10 Å². The predicted octanol–water partition coefficient (Wildman–Crippen LogP) is 5.73. The van der Waals surface area contributed by atoms with Gasteiger partial charge < -0.3 is 14.2 Å². The van der Waals surface area contributed by atoms with Crippen molar-refractivity contribution in [1.29, 1.82) is 0 Å². The van der Waals surface area contributed by atoms with E-state index in [9.17, 15) is 10.1 Å². The third-order valence-corrected chi connectivity index (χ3v) is 7.23. The van der Waals surface area contributed by atoms with Crippen molar-refractivity contribution in [3.63, 3.8) is 0 Å². The molecule has 0 amide bonds. The number of nitrogens with zero attached hydrogens (tertiary/aromatic N) is 3. The topological polar surface area (TPSA) is 88.7 Å². The minimum Gasteiger partial charge on any atom is -0.461 e. The molecule has 9 heteroatoms. The van der Waals surface area contributed by atoms with Crippen molar-refractivity contribution in [2.75, 3.05) is 13.4 Å². The van der Waals surface area contributed by atoms with Crippen molar-refractivity contribution in [3.05, 3.63) is 87.5 Å². The van der Waals surface area contributed by atoms with Crippen LogP contribution in [0, 0.1) is 10.1 Å². The lowest BCUT2D eigenvalue weighted by molar-refractivity contribution is -0.384. The van der Waals surface area contributed by atoms with Crippen LogP contribution >= 0.6 is 0 Å². The van der Waals surface area contributed by atoms with E-state index in [1.165, 1.54) is 6.07 Å². The van der Waals surface area contributed by atoms with Crippen LogP contribution in [0.25, 0.3) is 17.0 Å². The molecule has 1 aliphatic rings. The number of hydrogen-bond donors (Lipinski definition) is 0. The molecule has 0 N–H and O–H groups in total. The minimum absolute atomic E-state index is 0.0195. The van der Waals surface area contributed by atoms with Crippen LogP contribution in [0.4, 0.5) is 5.69 Å². The van der Waals surface area contributed by atoms with Crippen molar-refractivity contribution < 1.29 is 19.1 Å². The fourth-order valence-corrected chi connectivity index (χ4v) is 4.39. The summed E-state index contributed by atoms with van der Waals surface area (Å²) in [5.41, 5.74) is 3.41. The lowest BCUT2D eigenvalue weighted by atomic mass is 10.0. The maximum absolute atomic E-state index is 11.4. The monoisotopic (exact) mass is 479 g/mol. The van der Waals surface area contributed by atoms with Gasteiger partial charge in [-0.25, -0.2) is 4.68 Å². The molecule has 0 saturated heterocycles. The van der Waals surface area contributed by atoms with Gasteiger partial charge >= 0.3 is 0 Å². The molecule has 4 rings (SSSR count). The molecule has 0 spiro atoms. The predicted molar refractivity (Wildman–Crippen MR) is 134 cm³/mol. The second-order valence-corrected chi connectivity index (χ2v) is 15.1. The van der Waals surface area contributed by atoms with Gasteiger partial charge in [0.1, 0.15) is 13.0 Å². The Balaban J connectivity index is 1.70. The highest BCUT2D eigenvalue weighted by atomic mass is 28.3. The van der Waals surface area contributed by atoms with Gasteiger partial charge in [-0.3, -0.25) is 10.1 Å². The molecule has 1 aliphatic heterocycles. The van der Waals surface area contributed by atoms with Gasteiger partial charge in [0.05, 0.1) is 16.1 Å². The Labute approximate surface area is 199 Å². The number of rotatable bonds is 10. The van der Waals surface area contributed by atoms with Crippen molar-refractivity contribution in [2.24, 2.45) is 0 Å². The Hall–Kier alpha value is -3.43. The lowest BCUT2D eigenvalue weighted by Gasteiger charge is -2.15. The molecule has 2 aromatic carbocycles. The summed E-state index contributed by atoms with van der Waals surface area (Å²) in [7, 11) is -1.23. The molecule has 0 fully saturated rings. The third kappa shape index (κ3) is 5.92. The minimum atomic E-state index is -1.23. The number of aromatic nitrogens is 2. The molecule has 1 aromatic heterocycles.